The van der Waals surface area contributed by atoms with Gasteiger partial charge in [0.25, 0.3) is 0 Å². The Hall–Kier alpha value is -1.67. The molecule has 2 aromatic heterocycles. The Balaban J connectivity index is 2.17. The van der Waals surface area contributed by atoms with E-state index in [0.29, 0.717) is 11.2 Å². The average molecular weight is 480 g/mol. The molecule has 3 rings (SSSR count). The van der Waals surface area contributed by atoms with Crippen molar-refractivity contribution < 1.29 is 8.42 Å². The van der Waals surface area contributed by atoms with Crippen molar-refractivity contribution in [1.82, 2.24) is 9.55 Å². The van der Waals surface area contributed by atoms with Crippen LogP contribution in [-0.2, 0) is 21.9 Å². The third-order valence-electron chi connectivity index (χ3n) is 5.27. The molecular weight excluding hydrogens is 450 g/mol. The number of hydrogen-bond acceptors (Lipinski definition) is 4. The van der Waals surface area contributed by atoms with Crippen LogP contribution >= 0.6 is 22.9 Å². The number of benzene rings is 1. The van der Waals surface area contributed by atoms with E-state index in [1.165, 1.54) is 11.3 Å². The fourth-order valence-electron chi connectivity index (χ4n) is 3.90. The molecule has 0 radical (unpaired) electrons. The third kappa shape index (κ3) is 5.06. The molecule has 5 nitrogen and oxygen atoms in total. The summed E-state index contributed by atoms with van der Waals surface area (Å²) in [6, 6.07) is 7.97. The zero-order chi connectivity index (χ0) is 23.1. The lowest BCUT2D eigenvalue weighted by molar-refractivity contribution is 0.573. The number of imidazole rings is 1. The summed E-state index contributed by atoms with van der Waals surface area (Å²) < 4.78 is 27.2. The smallest absolute Gasteiger partial charge is 0.248 e. The van der Waals surface area contributed by atoms with E-state index in [2.05, 4.69) is 39.6 Å². The lowest BCUT2D eigenvalue weighted by Crippen LogP contribution is -2.16. The molecule has 0 aliphatic carbocycles. The largest absolute Gasteiger partial charge is 0.315 e. The molecule has 0 spiro atoms. The highest BCUT2D eigenvalue weighted by molar-refractivity contribution is 7.91. The SMILES string of the molecule is CC(C)Cc1sc(S(N)(=O)=O)c(-c2ccc(C(C)n3ccnc3Cl)cc2)c1C(C)(C)C. The Kier molecular flexibility index (Phi) is 6.73. The van der Waals surface area contributed by atoms with Crippen molar-refractivity contribution >= 4 is 33.0 Å². The van der Waals surface area contributed by atoms with Gasteiger partial charge in [0.15, 0.2) is 0 Å². The van der Waals surface area contributed by atoms with Crippen LogP contribution in [0.1, 0.15) is 63.6 Å². The monoisotopic (exact) mass is 479 g/mol. The lowest BCUT2D eigenvalue weighted by atomic mass is 9.81. The number of halogens is 1. The van der Waals surface area contributed by atoms with Gasteiger partial charge in [-0.15, -0.1) is 11.3 Å². The summed E-state index contributed by atoms with van der Waals surface area (Å²) in [6.45, 7) is 12.7. The van der Waals surface area contributed by atoms with Gasteiger partial charge in [-0.2, -0.15) is 0 Å². The van der Waals surface area contributed by atoms with Crippen LogP contribution in [0.4, 0.5) is 0 Å². The number of nitrogens with two attached hydrogens (primary N) is 1. The standard InChI is InChI=1S/C23H30ClN3O2S2/c1-14(2)13-18-20(23(4,5)6)19(21(30-18)31(25,28)29)17-9-7-16(8-10-17)15(3)27-12-11-26-22(27)24/h7-12,14-15H,13H2,1-6H3,(H2,25,28,29). The molecule has 168 valence electrons. The summed E-state index contributed by atoms with van der Waals surface area (Å²) >= 11 is 7.48. The maximum atomic E-state index is 12.5. The zero-order valence-electron chi connectivity index (χ0n) is 18.8. The molecule has 0 amide bonds. The summed E-state index contributed by atoms with van der Waals surface area (Å²) in [6.07, 6.45) is 4.33. The average Bonchev–Trinajstić information content (AvgIpc) is 3.24. The van der Waals surface area contributed by atoms with Gasteiger partial charge in [0, 0.05) is 22.8 Å². The molecular formula is C23H30ClN3O2S2. The first kappa shape index (κ1) is 24.0. The fourth-order valence-corrected chi connectivity index (χ4v) is 6.90. The van der Waals surface area contributed by atoms with Gasteiger partial charge in [0.2, 0.25) is 15.3 Å². The number of thiophene rings is 1. The lowest BCUT2D eigenvalue weighted by Gasteiger charge is -2.23. The molecule has 1 atom stereocenters. The van der Waals surface area contributed by atoms with Gasteiger partial charge in [0.1, 0.15) is 4.21 Å². The van der Waals surface area contributed by atoms with Gasteiger partial charge in [-0.3, -0.25) is 0 Å². The summed E-state index contributed by atoms with van der Waals surface area (Å²) in [7, 11) is -3.86. The van der Waals surface area contributed by atoms with Crippen molar-refractivity contribution in [3.05, 3.63) is 57.9 Å². The normalized spacial score (nSPS) is 13.7. The second-order valence-electron chi connectivity index (χ2n) is 9.36. The molecule has 0 aliphatic rings. The Morgan fingerprint density at radius 2 is 1.77 bits per heavy atom. The molecule has 0 fully saturated rings. The van der Waals surface area contributed by atoms with Gasteiger partial charge in [-0.1, -0.05) is 58.9 Å². The van der Waals surface area contributed by atoms with Gasteiger partial charge in [-0.25, -0.2) is 18.5 Å². The van der Waals surface area contributed by atoms with Gasteiger partial charge >= 0.3 is 0 Å². The molecule has 8 heteroatoms. The van der Waals surface area contributed by atoms with Crippen molar-refractivity contribution in [1.29, 1.82) is 0 Å². The minimum absolute atomic E-state index is 0.00262. The number of rotatable bonds is 6. The Labute approximate surface area is 194 Å². The van der Waals surface area contributed by atoms with E-state index in [1.807, 2.05) is 42.0 Å². The van der Waals surface area contributed by atoms with Crippen LogP contribution in [0.2, 0.25) is 5.28 Å². The molecule has 1 unspecified atom stereocenters. The molecule has 1 aromatic carbocycles. The Morgan fingerprint density at radius 3 is 2.23 bits per heavy atom. The van der Waals surface area contributed by atoms with Gasteiger partial charge < -0.3 is 4.57 Å². The highest BCUT2D eigenvalue weighted by atomic mass is 35.5. The van der Waals surface area contributed by atoms with E-state index >= 15 is 0 Å². The molecule has 0 bridgehead atoms. The van der Waals surface area contributed by atoms with Crippen LogP contribution in [0.3, 0.4) is 0 Å². The molecule has 2 N–H and O–H groups in total. The van der Waals surface area contributed by atoms with Gasteiger partial charge in [-0.05, 0) is 53.0 Å². The number of nitrogens with zero attached hydrogens (tertiary/aromatic N) is 2. The predicted molar refractivity (Wildman–Crippen MR) is 129 cm³/mol. The Bertz CT molecular complexity index is 1170. The minimum Gasteiger partial charge on any atom is -0.315 e. The van der Waals surface area contributed by atoms with E-state index in [1.54, 1.807) is 6.20 Å². The van der Waals surface area contributed by atoms with Crippen LogP contribution in [0, 0.1) is 5.92 Å². The summed E-state index contributed by atoms with van der Waals surface area (Å²) in [5, 5.41) is 6.10. The molecule has 0 saturated heterocycles. The molecule has 31 heavy (non-hydrogen) atoms. The highest BCUT2D eigenvalue weighted by Gasteiger charge is 2.32. The second kappa shape index (κ2) is 8.70. The van der Waals surface area contributed by atoms with Crippen LogP contribution in [0.25, 0.3) is 11.1 Å². The number of aromatic nitrogens is 2. The van der Waals surface area contributed by atoms with E-state index < -0.39 is 10.0 Å². The molecule has 0 aliphatic heterocycles. The van der Waals surface area contributed by atoms with E-state index in [-0.39, 0.29) is 15.7 Å². The molecule has 2 heterocycles. The van der Waals surface area contributed by atoms with Crippen LogP contribution in [-0.4, -0.2) is 18.0 Å². The zero-order valence-corrected chi connectivity index (χ0v) is 21.2. The van der Waals surface area contributed by atoms with E-state index in [9.17, 15) is 8.42 Å². The Morgan fingerprint density at radius 1 is 1.16 bits per heavy atom. The molecule has 3 aromatic rings. The van der Waals surface area contributed by atoms with Crippen molar-refractivity contribution in [3.63, 3.8) is 0 Å². The minimum atomic E-state index is -3.86. The third-order valence-corrected chi connectivity index (χ3v) is 8.24. The van der Waals surface area contributed by atoms with Crippen molar-refractivity contribution in [2.24, 2.45) is 11.1 Å². The maximum Gasteiger partial charge on any atom is 0.248 e. The summed E-state index contributed by atoms with van der Waals surface area (Å²) in [5.41, 5.74) is 3.47. The fraction of sp³-hybridized carbons (Fsp3) is 0.435. The first-order valence-corrected chi connectivity index (χ1v) is 13.0. The van der Waals surface area contributed by atoms with Crippen LogP contribution in [0.5, 0.6) is 0 Å². The predicted octanol–water partition coefficient (Wildman–Crippen LogP) is 6.02. The maximum absolute atomic E-state index is 12.5. The summed E-state index contributed by atoms with van der Waals surface area (Å²) in [4.78, 5) is 5.17. The van der Waals surface area contributed by atoms with Crippen molar-refractivity contribution in [3.8, 4) is 11.1 Å². The topological polar surface area (TPSA) is 78.0 Å². The van der Waals surface area contributed by atoms with Crippen LogP contribution in [0.15, 0.2) is 40.9 Å². The van der Waals surface area contributed by atoms with Crippen molar-refractivity contribution in [2.45, 2.75) is 63.6 Å². The van der Waals surface area contributed by atoms with Crippen molar-refractivity contribution in [2.75, 3.05) is 0 Å². The summed E-state index contributed by atoms with van der Waals surface area (Å²) in [5.74, 6) is 0.407. The highest BCUT2D eigenvalue weighted by Crippen LogP contribution is 2.46. The van der Waals surface area contributed by atoms with Crippen LogP contribution < -0.4 is 5.14 Å². The number of sulfonamides is 1. The molecule has 0 saturated carbocycles. The number of primary sulfonamides is 1. The first-order chi connectivity index (χ1) is 14.3. The van der Waals surface area contributed by atoms with E-state index in [4.69, 9.17) is 16.7 Å². The van der Waals surface area contributed by atoms with E-state index in [0.717, 1.165) is 33.6 Å². The van der Waals surface area contributed by atoms with Gasteiger partial charge in [0.05, 0.1) is 6.04 Å². The first-order valence-electron chi connectivity index (χ1n) is 10.3. The number of hydrogen-bond donors (Lipinski definition) is 1. The second-order valence-corrected chi connectivity index (χ2v) is 12.6. The quantitative estimate of drug-likeness (QED) is 0.469.